The Bertz CT molecular complexity index is 904. The van der Waals surface area contributed by atoms with E-state index in [2.05, 4.69) is 55.3 Å². The number of piperidine rings is 1. The summed E-state index contributed by atoms with van der Waals surface area (Å²) < 4.78 is 6.00. The average molecular weight is 438 g/mol. The van der Waals surface area contributed by atoms with Crippen molar-refractivity contribution < 1.29 is 9.21 Å². The normalized spacial score (nSPS) is 26.8. The van der Waals surface area contributed by atoms with Gasteiger partial charge < -0.3 is 9.73 Å². The number of hydrogen-bond acceptors (Lipinski definition) is 4. The molecule has 4 unspecified atom stereocenters. The van der Waals surface area contributed by atoms with Crippen molar-refractivity contribution >= 4 is 5.91 Å². The molecule has 1 aromatic carbocycles. The lowest BCUT2D eigenvalue weighted by Crippen LogP contribution is -2.49. The second-order valence-electron chi connectivity index (χ2n) is 10.0. The molecule has 2 heterocycles. The fourth-order valence-electron chi connectivity index (χ4n) is 5.29. The minimum Gasteiger partial charge on any atom is -0.441 e. The molecule has 5 heteroatoms. The number of amides is 1. The van der Waals surface area contributed by atoms with Crippen molar-refractivity contribution in [3.8, 4) is 11.5 Å². The molecule has 0 radical (unpaired) electrons. The monoisotopic (exact) mass is 437 g/mol. The summed E-state index contributed by atoms with van der Waals surface area (Å²) >= 11 is 0. The summed E-state index contributed by atoms with van der Waals surface area (Å²) in [5, 5.41) is 3.40. The predicted molar refractivity (Wildman–Crippen MR) is 128 cm³/mol. The molecule has 1 saturated carbocycles. The van der Waals surface area contributed by atoms with Crippen LogP contribution in [0.15, 0.2) is 28.7 Å². The van der Waals surface area contributed by atoms with E-state index in [1.54, 1.807) is 0 Å². The number of carbonyl (C=O) groups excluding carboxylic acids is 1. The molecule has 5 nitrogen and oxygen atoms in total. The van der Waals surface area contributed by atoms with Crippen LogP contribution in [0.2, 0.25) is 0 Å². The smallest absolute Gasteiger partial charge is 0.226 e. The molecule has 32 heavy (non-hydrogen) atoms. The summed E-state index contributed by atoms with van der Waals surface area (Å²) in [6.45, 7) is 11.3. The Morgan fingerprint density at radius 2 is 1.94 bits per heavy atom. The molecule has 1 amide bonds. The number of rotatable bonds is 6. The van der Waals surface area contributed by atoms with E-state index in [-0.39, 0.29) is 11.8 Å². The van der Waals surface area contributed by atoms with E-state index in [9.17, 15) is 4.79 Å². The maximum Gasteiger partial charge on any atom is 0.226 e. The Hall–Kier alpha value is -2.14. The molecule has 1 saturated heterocycles. The summed E-state index contributed by atoms with van der Waals surface area (Å²) in [5.41, 5.74) is 3.31. The van der Waals surface area contributed by atoms with Crippen LogP contribution in [0.4, 0.5) is 0 Å². The summed E-state index contributed by atoms with van der Waals surface area (Å²) in [6.07, 6.45) is 6.68. The van der Waals surface area contributed by atoms with Crippen LogP contribution in [-0.4, -0.2) is 34.9 Å². The molecule has 2 aliphatic rings. The van der Waals surface area contributed by atoms with Crippen LogP contribution in [0.3, 0.4) is 0 Å². The maximum absolute atomic E-state index is 13.1. The molecule has 174 valence electrons. The van der Waals surface area contributed by atoms with E-state index < -0.39 is 0 Å². The molecule has 0 bridgehead atoms. The Kier molecular flexibility index (Phi) is 7.34. The van der Waals surface area contributed by atoms with Crippen LogP contribution >= 0.6 is 0 Å². The second-order valence-corrected chi connectivity index (χ2v) is 10.0. The average Bonchev–Trinajstić information content (AvgIpc) is 3.17. The molecular formula is C27H39N3O2. The number of likely N-dealkylation sites (tertiary alicyclic amines) is 1. The molecule has 4 atom stereocenters. The standard InChI is InChI=1S/C27H39N3O2/c1-5-21-11-13-22(14-12-21)27-29-25(20(4)32-27)17-30-15-7-9-23(16-30)26(31)28-24-10-6-8-18(2)19(24)3/h11-14,18-19,23-24H,5-10,15-17H2,1-4H3,(H,28,31). The van der Waals surface area contributed by atoms with Crippen LogP contribution in [0.25, 0.3) is 11.5 Å². The van der Waals surface area contributed by atoms with E-state index in [4.69, 9.17) is 9.40 Å². The highest BCUT2D eigenvalue weighted by Gasteiger charge is 2.32. The van der Waals surface area contributed by atoms with Gasteiger partial charge in [0.1, 0.15) is 5.76 Å². The van der Waals surface area contributed by atoms with Gasteiger partial charge >= 0.3 is 0 Å². The van der Waals surface area contributed by atoms with E-state index in [1.807, 2.05) is 6.92 Å². The van der Waals surface area contributed by atoms with Crippen molar-refractivity contribution in [3.05, 3.63) is 41.3 Å². The molecule has 1 aromatic heterocycles. The quantitative estimate of drug-likeness (QED) is 0.660. The van der Waals surface area contributed by atoms with Gasteiger partial charge in [-0.3, -0.25) is 9.69 Å². The van der Waals surface area contributed by atoms with Gasteiger partial charge in [0, 0.05) is 24.7 Å². The summed E-state index contributed by atoms with van der Waals surface area (Å²) in [4.78, 5) is 20.2. The van der Waals surface area contributed by atoms with Crippen molar-refractivity contribution in [1.29, 1.82) is 0 Å². The largest absolute Gasteiger partial charge is 0.441 e. The Morgan fingerprint density at radius 3 is 2.69 bits per heavy atom. The van der Waals surface area contributed by atoms with Crippen molar-refractivity contribution in [3.63, 3.8) is 0 Å². The lowest BCUT2D eigenvalue weighted by Gasteiger charge is -2.37. The zero-order valence-corrected chi connectivity index (χ0v) is 20.2. The summed E-state index contributed by atoms with van der Waals surface area (Å²) in [7, 11) is 0. The van der Waals surface area contributed by atoms with Gasteiger partial charge in [-0.1, -0.05) is 45.7 Å². The van der Waals surface area contributed by atoms with Crippen LogP contribution in [0.5, 0.6) is 0 Å². The molecule has 1 aliphatic heterocycles. The highest BCUT2D eigenvalue weighted by molar-refractivity contribution is 5.79. The van der Waals surface area contributed by atoms with Crippen molar-refractivity contribution in [2.24, 2.45) is 17.8 Å². The van der Waals surface area contributed by atoms with Gasteiger partial charge in [-0.2, -0.15) is 0 Å². The number of nitrogens with one attached hydrogen (secondary N) is 1. The maximum atomic E-state index is 13.1. The third-order valence-corrected chi connectivity index (χ3v) is 7.79. The van der Waals surface area contributed by atoms with Crippen LogP contribution in [0.1, 0.15) is 69.9 Å². The van der Waals surface area contributed by atoms with Gasteiger partial charge in [0.05, 0.1) is 11.6 Å². The van der Waals surface area contributed by atoms with E-state index >= 15 is 0 Å². The first-order chi connectivity index (χ1) is 15.4. The van der Waals surface area contributed by atoms with E-state index in [1.165, 1.54) is 18.4 Å². The third kappa shape index (κ3) is 5.25. The molecule has 0 spiro atoms. The van der Waals surface area contributed by atoms with Crippen molar-refractivity contribution in [2.45, 2.75) is 78.8 Å². The first-order valence-corrected chi connectivity index (χ1v) is 12.5. The molecule has 4 rings (SSSR count). The minimum absolute atomic E-state index is 0.0708. The van der Waals surface area contributed by atoms with E-state index in [0.717, 1.165) is 62.3 Å². The number of aryl methyl sites for hydroxylation is 2. The highest BCUT2D eigenvalue weighted by atomic mass is 16.4. The molecule has 1 N–H and O–H groups in total. The van der Waals surface area contributed by atoms with Gasteiger partial charge in [-0.25, -0.2) is 4.98 Å². The van der Waals surface area contributed by atoms with Gasteiger partial charge in [0.2, 0.25) is 11.8 Å². The van der Waals surface area contributed by atoms with Gasteiger partial charge in [0.25, 0.3) is 0 Å². The van der Waals surface area contributed by atoms with Crippen LogP contribution in [-0.2, 0) is 17.8 Å². The number of aromatic nitrogens is 1. The highest BCUT2D eigenvalue weighted by Crippen LogP contribution is 2.30. The van der Waals surface area contributed by atoms with Crippen molar-refractivity contribution in [1.82, 2.24) is 15.2 Å². The van der Waals surface area contributed by atoms with Gasteiger partial charge in [0.15, 0.2) is 0 Å². The zero-order valence-electron chi connectivity index (χ0n) is 20.2. The second kappa shape index (κ2) is 10.2. The van der Waals surface area contributed by atoms with Crippen LogP contribution in [0, 0.1) is 24.7 Å². The first-order valence-electron chi connectivity index (χ1n) is 12.5. The zero-order chi connectivity index (χ0) is 22.7. The molecule has 1 aliphatic carbocycles. The topological polar surface area (TPSA) is 58.4 Å². The van der Waals surface area contributed by atoms with Gasteiger partial charge in [-0.15, -0.1) is 0 Å². The Balaban J connectivity index is 1.36. The SMILES string of the molecule is CCc1ccc(-c2nc(CN3CCCC(C(=O)NC4CCCC(C)C4C)C3)c(C)o2)cc1. The fourth-order valence-corrected chi connectivity index (χ4v) is 5.29. The number of hydrogen-bond donors (Lipinski definition) is 1. The Labute approximate surface area is 193 Å². The fraction of sp³-hybridized carbons (Fsp3) is 0.630. The number of oxazole rings is 1. The first kappa shape index (κ1) is 23.0. The number of benzene rings is 1. The minimum atomic E-state index is 0.0708. The number of nitrogens with zero attached hydrogens (tertiary/aromatic N) is 2. The number of carbonyl (C=O) groups is 1. The van der Waals surface area contributed by atoms with Crippen molar-refractivity contribution in [2.75, 3.05) is 13.1 Å². The molecule has 2 fully saturated rings. The Morgan fingerprint density at radius 1 is 1.16 bits per heavy atom. The van der Waals surface area contributed by atoms with Crippen LogP contribution < -0.4 is 5.32 Å². The third-order valence-electron chi connectivity index (χ3n) is 7.79. The molecule has 2 aromatic rings. The predicted octanol–water partition coefficient (Wildman–Crippen LogP) is 5.37. The summed E-state index contributed by atoms with van der Waals surface area (Å²) in [6, 6.07) is 8.78. The van der Waals surface area contributed by atoms with Gasteiger partial charge in [-0.05, 0) is 68.7 Å². The summed E-state index contributed by atoms with van der Waals surface area (Å²) in [5.74, 6) is 3.13. The van der Waals surface area contributed by atoms with E-state index in [0.29, 0.717) is 23.8 Å². The lowest BCUT2D eigenvalue weighted by molar-refractivity contribution is -0.128. The lowest BCUT2D eigenvalue weighted by atomic mass is 9.78. The molecular weight excluding hydrogens is 398 g/mol.